The van der Waals surface area contributed by atoms with Gasteiger partial charge >= 0.3 is 6.09 Å². The van der Waals surface area contributed by atoms with E-state index in [4.69, 9.17) is 9.47 Å². The van der Waals surface area contributed by atoms with Crippen molar-refractivity contribution in [3.8, 4) is 5.88 Å². The standard InChI is InChI=1S/C21H29N3O3/c1-21(2,3)27-20(25)24-12-10-16(11-13-24)7-6-14-26-19-15-22-17-8-4-5-9-18(17)23-19/h4-5,8-9,15-16H,6-7,10-14H2,1-3H3. The van der Waals surface area contributed by atoms with Crippen LogP contribution in [0.4, 0.5) is 4.79 Å². The summed E-state index contributed by atoms with van der Waals surface area (Å²) in [6.45, 7) is 7.89. The SMILES string of the molecule is CC(C)(C)OC(=O)N1CCC(CCCOc2cnc3ccccc3n2)CC1. The minimum absolute atomic E-state index is 0.195. The van der Waals surface area contributed by atoms with Crippen molar-refractivity contribution in [3.63, 3.8) is 0 Å². The Bertz CT molecular complexity index is 765. The van der Waals surface area contributed by atoms with Crippen LogP contribution in [0.2, 0.25) is 0 Å². The van der Waals surface area contributed by atoms with Crippen LogP contribution in [0, 0.1) is 5.92 Å². The van der Waals surface area contributed by atoms with Gasteiger partial charge in [0.25, 0.3) is 0 Å². The van der Waals surface area contributed by atoms with Crippen LogP contribution in [0.25, 0.3) is 11.0 Å². The molecule has 1 fully saturated rings. The minimum Gasteiger partial charge on any atom is -0.477 e. The van der Waals surface area contributed by atoms with Crippen LogP contribution >= 0.6 is 0 Å². The Kier molecular flexibility index (Phi) is 6.14. The van der Waals surface area contributed by atoms with E-state index in [0.717, 1.165) is 49.8 Å². The molecule has 0 unspecified atom stereocenters. The first-order chi connectivity index (χ1) is 12.9. The van der Waals surface area contributed by atoms with Crippen molar-refractivity contribution in [2.24, 2.45) is 5.92 Å². The lowest BCUT2D eigenvalue weighted by atomic mass is 9.92. The van der Waals surface area contributed by atoms with E-state index in [1.165, 1.54) is 0 Å². The average Bonchev–Trinajstić information content (AvgIpc) is 2.64. The number of carbonyl (C=O) groups excluding carboxylic acids is 1. The number of fused-ring (bicyclic) bond motifs is 1. The fourth-order valence-electron chi connectivity index (χ4n) is 3.29. The summed E-state index contributed by atoms with van der Waals surface area (Å²) in [6, 6.07) is 7.78. The number of piperidine rings is 1. The number of hydrogen-bond acceptors (Lipinski definition) is 5. The van der Waals surface area contributed by atoms with Gasteiger partial charge in [0, 0.05) is 13.1 Å². The lowest BCUT2D eigenvalue weighted by Gasteiger charge is -2.33. The predicted octanol–water partition coefficient (Wildman–Crippen LogP) is 4.44. The maximum Gasteiger partial charge on any atom is 0.410 e. The van der Waals surface area contributed by atoms with Crippen LogP contribution in [0.5, 0.6) is 5.88 Å². The highest BCUT2D eigenvalue weighted by Gasteiger charge is 2.26. The fourth-order valence-corrected chi connectivity index (χ4v) is 3.29. The van der Waals surface area contributed by atoms with Crippen LogP contribution < -0.4 is 4.74 Å². The number of rotatable bonds is 5. The third-order valence-corrected chi connectivity index (χ3v) is 4.70. The monoisotopic (exact) mass is 371 g/mol. The van der Waals surface area contributed by atoms with Crippen molar-refractivity contribution < 1.29 is 14.3 Å². The zero-order chi connectivity index (χ0) is 19.3. The predicted molar refractivity (Wildman–Crippen MR) is 105 cm³/mol. The molecule has 1 aromatic heterocycles. The zero-order valence-electron chi connectivity index (χ0n) is 16.5. The number of likely N-dealkylation sites (tertiary alicyclic amines) is 1. The van der Waals surface area contributed by atoms with Gasteiger partial charge in [0.1, 0.15) is 5.60 Å². The van der Waals surface area contributed by atoms with Crippen molar-refractivity contribution >= 4 is 17.1 Å². The van der Waals surface area contributed by atoms with Crippen LogP contribution in [0.3, 0.4) is 0 Å². The quantitative estimate of drug-likeness (QED) is 0.727. The molecule has 0 aliphatic carbocycles. The normalized spacial score (nSPS) is 15.7. The van der Waals surface area contributed by atoms with Crippen molar-refractivity contribution in [2.45, 2.75) is 52.1 Å². The smallest absolute Gasteiger partial charge is 0.410 e. The minimum atomic E-state index is -0.434. The maximum absolute atomic E-state index is 12.1. The number of hydrogen-bond donors (Lipinski definition) is 0. The summed E-state index contributed by atoms with van der Waals surface area (Å²) in [5, 5.41) is 0. The van der Waals surface area contributed by atoms with E-state index < -0.39 is 5.60 Å². The van der Waals surface area contributed by atoms with Crippen molar-refractivity contribution in [3.05, 3.63) is 30.5 Å². The van der Waals surface area contributed by atoms with E-state index in [9.17, 15) is 4.79 Å². The Morgan fingerprint density at radius 3 is 2.59 bits per heavy atom. The number of aromatic nitrogens is 2. The van der Waals surface area contributed by atoms with Gasteiger partial charge in [0.2, 0.25) is 5.88 Å². The highest BCUT2D eigenvalue weighted by atomic mass is 16.6. The molecular weight excluding hydrogens is 342 g/mol. The van der Waals surface area contributed by atoms with E-state index in [2.05, 4.69) is 9.97 Å². The Morgan fingerprint density at radius 2 is 1.89 bits per heavy atom. The topological polar surface area (TPSA) is 64.5 Å². The molecule has 0 radical (unpaired) electrons. The number of ether oxygens (including phenoxy) is 2. The van der Waals surface area contributed by atoms with Gasteiger partial charge in [-0.25, -0.2) is 14.8 Å². The van der Waals surface area contributed by atoms with E-state index in [0.29, 0.717) is 18.4 Å². The number of amides is 1. The first kappa shape index (κ1) is 19.4. The summed E-state index contributed by atoms with van der Waals surface area (Å²) < 4.78 is 11.2. The van der Waals surface area contributed by atoms with Crippen LogP contribution in [-0.4, -0.2) is 46.3 Å². The molecule has 146 valence electrons. The molecule has 2 heterocycles. The van der Waals surface area contributed by atoms with Crippen molar-refractivity contribution in [1.29, 1.82) is 0 Å². The third-order valence-electron chi connectivity index (χ3n) is 4.70. The molecule has 2 aromatic rings. The van der Waals surface area contributed by atoms with E-state index in [-0.39, 0.29) is 6.09 Å². The second-order valence-corrected chi connectivity index (χ2v) is 8.10. The van der Waals surface area contributed by atoms with Crippen molar-refractivity contribution in [2.75, 3.05) is 19.7 Å². The maximum atomic E-state index is 12.1. The Hall–Kier alpha value is -2.37. The summed E-state index contributed by atoms with van der Waals surface area (Å²) in [4.78, 5) is 22.8. The fraction of sp³-hybridized carbons (Fsp3) is 0.571. The second kappa shape index (κ2) is 8.55. The average molecular weight is 371 g/mol. The van der Waals surface area contributed by atoms with E-state index in [1.807, 2.05) is 49.9 Å². The molecule has 1 saturated heterocycles. The highest BCUT2D eigenvalue weighted by Crippen LogP contribution is 2.23. The number of carbonyl (C=O) groups is 1. The molecular formula is C21H29N3O3. The molecule has 1 amide bonds. The molecule has 0 spiro atoms. The molecule has 1 aromatic carbocycles. The van der Waals surface area contributed by atoms with Gasteiger partial charge in [-0.2, -0.15) is 0 Å². The lowest BCUT2D eigenvalue weighted by Crippen LogP contribution is -2.41. The van der Waals surface area contributed by atoms with Gasteiger partial charge in [-0.05, 0) is 64.5 Å². The molecule has 6 nitrogen and oxygen atoms in total. The zero-order valence-corrected chi connectivity index (χ0v) is 16.5. The number of nitrogens with zero attached hydrogens (tertiary/aromatic N) is 3. The molecule has 6 heteroatoms. The Balaban J connectivity index is 1.36. The molecule has 0 atom stereocenters. The molecule has 0 bridgehead atoms. The second-order valence-electron chi connectivity index (χ2n) is 8.10. The summed E-state index contributed by atoms with van der Waals surface area (Å²) in [5.74, 6) is 1.21. The van der Waals surface area contributed by atoms with Gasteiger partial charge in [0.15, 0.2) is 0 Å². The van der Waals surface area contributed by atoms with Gasteiger partial charge in [-0.3, -0.25) is 0 Å². The van der Waals surface area contributed by atoms with E-state index >= 15 is 0 Å². The Morgan fingerprint density at radius 1 is 1.19 bits per heavy atom. The molecule has 27 heavy (non-hydrogen) atoms. The third kappa shape index (κ3) is 5.81. The molecule has 0 saturated carbocycles. The van der Waals surface area contributed by atoms with Gasteiger partial charge in [0.05, 0.1) is 23.8 Å². The number of benzene rings is 1. The molecule has 1 aliphatic rings. The van der Waals surface area contributed by atoms with Crippen LogP contribution in [0.1, 0.15) is 46.5 Å². The summed E-state index contributed by atoms with van der Waals surface area (Å²) in [6.07, 6.45) is 5.61. The summed E-state index contributed by atoms with van der Waals surface area (Å²) in [5.41, 5.74) is 1.29. The van der Waals surface area contributed by atoms with E-state index in [1.54, 1.807) is 6.20 Å². The first-order valence-electron chi connectivity index (χ1n) is 9.73. The van der Waals surface area contributed by atoms with Crippen molar-refractivity contribution in [1.82, 2.24) is 14.9 Å². The summed E-state index contributed by atoms with van der Waals surface area (Å²) in [7, 11) is 0. The van der Waals surface area contributed by atoms with Crippen LogP contribution in [0.15, 0.2) is 30.5 Å². The highest BCUT2D eigenvalue weighted by molar-refractivity contribution is 5.73. The van der Waals surface area contributed by atoms with Gasteiger partial charge in [-0.15, -0.1) is 0 Å². The van der Waals surface area contributed by atoms with Gasteiger partial charge < -0.3 is 14.4 Å². The molecule has 1 aliphatic heterocycles. The lowest BCUT2D eigenvalue weighted by molar-refractivity contribution is 0.0179. The van der Waals surface area contributed by atoms with Gasteiger partial charge in [-0.1, -0.05) is 12.1 Å². The first-order valence-corrected chi connectivity index (χ1v) is 9.73. The summed E-state index contributed by atoms with van der Waals surface area (Å²) >= 11 is 0. The largest absolute Gasteiger partial charge is 0.477 e. The molecule has 3 rings (SSSR count). The molecule has 0 N–H and O–H groups in total. The Labute approximate surface area is 160 Å². The number of para-hydroxylation sites is 2. The van der Waals surface area contributed by atoms with Crippen LogP contribution in [-0.2, 0) is 4.74 Å².